The van der Waals surface area contributed by atoms with Gasteiger partial charge in [-0.3, -0.25) is 0 Å². The van der Waals surface area contributed by atoms with E-state index in [2.05, 4.69) is 0 Å². The second-order valence-corrected chi connectivity index (χ2v) is 7.16. The Hall–Kier alpha value is -1.47. The standard InChI is InChI=1S/C10HF16P/c11-1-2(12)4(14)6(5(15)3(1)13)27(25,26)7(8(16,17)18,9(19,20)21)10(22,23)24/h27H. The number of hydrogen-bond acceptors (Lipinski definition) is 0. The fraction of sp³-hybridized carbons (Fsp3) is 0.400. The van der Waals surface area contributed by atoms with Crippen LogP contribution in [0.1, 0.15) is 0 Å². The first kappa shape index (κ1) is 23.6. The van der Waals surface area contributed by atoms with Crippen LogP contribution in [-0.4, -0.2) is 23.7 Å². The molecule has 0 spiro atoms. The predicted molar refractivity (Wildman–Crippen MR) is 57.3 cm³/mol. The number of halogens is 16. The molecule has 0 saturated carbocycles. The van der Waals surface area contributed by atoms with Crippen molar-refractivity contribution >= 4 is 13.2 Å². The molecule has 27 heavy (non-hydrogen) atoms. The van der Waals surface area contributed by atoms with Crippen molar-refractivity contribution in [3.8, 4) is 0 Å². The predicted octanol–water partition coefficient (Wildman–Crippen LogP) is 5.95. The van der Waals surface area contributed by atoms with Crippen LogP contribution < -0.4 is 5.30 Å². The molecule has 0 fully saturated rings. The summed E-state index contributed by atoms with van der Waals surface area (Å²) < 4.78 is 208. The summed E-state index contributed by atoms with van der Waals surface area (Å²) in [5.41, 5.74) is 0. The number of alkyl halides is 9. The van der Waals surface area contributed by atoms with Crippen LogP contribution in [0.3, 0.4) is 0 Å². The molecule has 0 unspecified atom stereocenters. The molecule has 0 bridgehead atoms. The second-order valence-electron chi connectivity index (χ2n) is 4.76. The molecule has 0 aliphatic heterocycles. The average Bonchev–Trinajstić information content (AvgIpc) is 2.37. The summed E-state index contributed by atoms with van der Waals surface area (Å²) in [6.07, 6.45) is -23.9. The Bertz CT molecular complexity index is 672. The van der Waals surface area contributed by atoms with Gasteiger partial charge in [0.15, 0.2) is 0 Å². The summed E-state index contributed by atoms with van der Waals surface area (Å²) in [6, 6.07) is 0. The molecule has 0 aromatic heterocycles. The van der Waals surface area contributed by atoms with Gasteiger partial charge in [0.1, 0.15) is 0 Å². The topological polar surface area (TPSA) is 0 Å². The number of benzene rings is 1. The molecule has 17 heteroatoms. The fourth-order valence-corrected chi connectivity index (χ4v) is 4.30. The normalized spacial score (nSPS) is 15.3. The van der Waals surface area contributed by atoms with Crippen molar-refractivity contribution < 1.29 is 69.9 Å². The maximum absolute atomic E-state index is 14.0. The minimum atomic E-state index is -9.71. The molecule has 0 amide bonds. The van der Waals surface area contributed by atoms with Gasteiger partial charge in [0, 0.05) is 0 Å². The zero-order chi connectivity index (χ0) is 22.0. The van der Waals surface area contributed by atoms with E-state index in [4.69, 9.17) is 0 Å². The minimum absolute atomic E-state index is 3.28. The van der Waals surface area contributed by atoms with E-state index in [1.54, 1.807) is 0 Å². The Balaban J connectivity index is 4.25. The van der Waals surface area contributed by atoms with E-state index < -0.39 is 66.0 Å². The Morgan fingerprint density at radius 3 is 0.889 bits per heavy atom. The van der Waals surface area contributed by atoms with E-state index in [9.17, 15) is 69.9 Å². The molecule has 0 aliphatic rings. The third kappa shape index (κ3) is 2.99. The van der Waals surface area contributed by atoms with Gasteiger partial charge in [-0.1, -0.05) is 0 Å². The average molecular weight is 456 g/mol. The van der Waals surface area contributed by atoms with Crippen LogP contribution in [0.5, 0.6) is 0 Å². The zero-order valence-electron chi connectivity index (χ0n) is 11.5. The van der Waals surface area contributed by atoms with Gasteiger partial charge in [-0.25, -0.2) is 0 Å². The van der Waals surface area contributed by atoms with Gasteiger partial charge < -0.3 is 0 Å². The summed E-state index contributed by atoms with van der Waals surface area (Å²) >= 11 is 0. The molecule has 0 heterocycles. The van der Waals surface area contributed by atoms with Gasteiger partial charge in [0.2, 0.25) is 0 Å². The summed E-state index contributed by atoms with van der Waals surface area (Å²) in [6.45, 7) is 0. The SMILES string of the molecule is Fc1c(F)c(F)c([PH](F)(F)C(C(F)(F)F)(C(F)(F)F)C(F)(F)F)c(F)c1F. The van der Waals surface area contributed by atoms with E-state index in [1.165, 1.54) is 0 Å². The molecule has 0 radical (unpaired) electrons. The van der Waals surface area contributed by atoms with Crippen molar-refractivity contribution in [3.05, 3.63) is 29.1 Å². The summed E-state index contributed by atoms with van der Waals surface area (Å²) in [5, 5.41) is -12.2. The van der Waals surface area contributed by atoms with Gasteiger partial charge in [0.05, 0.1) is 0 Å². The summed E-state index contributed by atoms with van der Waals surface area (Å²) in [7, 11) is -9.71. The second kappa shape index (κ2) is 6.27. The van der Waals surface area contributed by atoms with Gasteiger partial charge in [0.25, 0.3) is 0 Å². The molecule has 0 aliphatic carbocycles. The molecule has 0 nitrogen and oxygen atoms in total. The van der Waals surface area contributed by atoms with Gasteiger partial charge in [-0.05, 0) is 0 Å². The van der Waals surface area contributed by atoms with E-state index in [-0.39, 0.29) is 0 Å². The molecule has 158 valence electrons. The van der Waals surface area contributed by atoms with Crippen LogP contribution in [0.2, 0.25) is 0 Å². The van der Waals surface area contributed by atoms with Crippen molar-refractivity contribution in [3.63, 3.8) is 0 Å². The van der Waals surface area contributed by atoms with Crippen molar-refractivity contribution in [1.29, 1.82) is 0 Å². The summed E-state index contributed by atoms with van der Waals surface area (Å²) in [5.74, 6) is -18.1. The van der Waals surface area contributed by atoms with Crippen molar-refractivity contribution in [1.82, 2.24) is 0 Å². The molecule has 1 rings (SSSR count). The Morgan fingerprint density at radius 1 is 0.444 bits per heavy atom. The first-order valence-electron chi connectivity index (χ1n) is 5.77. The Morgan fingerprint density at radius 2 is 0.667 bits per heavy atom. The molecular formula is C10HF16P. The summed E-state index contributed by atoms with van der Waals surface area (Å²) in [4.78, 5) is 0. The van der Waals surface area contributed by atoms with Crippen LogP contribution >= 0.6 is 7.88 Å². The molecule has 1 aromatic carbocycles. The van der Waals surface area contributed by atoms with E-state index in [1.807, 2.05) is 0 Å². The third-order valence-electron chi connectivity index (χ3n) is 3.27. The van der Waals surface area contributed by atoms with E-state index in [0.29, 0.717) is 0 Å². The molecule has 0 saturated heterocycles. The fourth-order valence-electron chi connectivity index (χ4n) is 2.08. The maximum atomic E-state index is 14.0. The van der Waals surface area contributed by atoms with Crippen molar-refractivity contribution in [2.45, 2.75) is 23.7 Å². The van der Waals surface area contributed by atoms with Crippen LogP contribution in [0.15, 0.2) is 0 Å². The molecule has 1 aromatic rings. The van der Waals surface area contributed by atoms with Crippen LogP contribution in [-0.2, 0) is 0 Å². The van der Waals surface area contributed by atoms with Crippen molar-refractivity contribution in [2.75, 3.05) is 0 Å². The van der Waals surface area contributed by atoms with Crippen LogP contribution in [0.4, 0.5) is 69.9 Å². The Labute approximate surface area is 137 Å². The van der Waals surface area contributed by atoms with Gasteiger partial charge >= 0.3 is 136 Å². The quantitative estimate of drug-likeness (QED) is 0.223. The monoisotopic (exact) mass is 456 g/mol. The molecular weight excluding hydrogens is 455 g/mol. The van der Waals surface area contributed by atoms with E-state index in [0.717, 1.165) is 0 Å². The van der Waals surface area contributed by atoms with Gasteiger partial charge in [-0.2, -0.15) is 0 Å². The van der Waals surface area contributed by atoms with Gasteiger partial charge in [-0.15, -0.1) is 0 Å². The molecule has 0 atom stereocenters. The Kier molecular flexibility index (Phi) is 5.48. The number of hydrogen-bond donors (Lipinski definition) is 0. The van der Waals surface area contributed by atoms with Crippen LogP contribution in [0, 0.1) is 29.1 Å². The van der Waals surface area contributed by atoms with Crippen LogP contribution in [0.25, 0.3) is 0 Å². The first-order chi connectivity index (χ1) is 11.7. The van der Waals surface area contributed by atoms with Crippen molar-refractivity contribution in [2.24, 2.45) is 0 Å². The number of rotatable bonds is 2. The first-order valence-corrected chi connectivity index (χ1v) is 7.53. The third-order valence-corrected chi connectivity index (χ3v) is 6.13. The van der Waals surface area contributed by atoms with E-state index >= 15 is 0 Å². The molecule has 0 N–H and O–H groups in total. The zero-order valence-corrected chi connectivity index (χ0v) is 12.5.